The van der Waals surface area contributed by atoms with Crippen molar-refractivity contribution in [2.24, 2.45) is 0 Å². The van der Waals surface area contributed by atoms with Crippen LogP contribution in [0.3, 0.4) is 0 Å². The lowest BCUT2D eigenvalue weighted by molar-refractivity contribution is 0.475. The summed E-state index contributed by atoms with van der Waals surface area (Å²) in [7, 11) is 0. The molecular weight excluding hydrogens is 160 g/mol. The number of benzene rings is 1. The summed E-state index contributed by atoms with van der Waals surface area (Å²) in [5.41, 5.74) is 1.02. The lowest BCUT2D eigenvalue weighted by Gasteiger charge is -1.90. The monoisotopic (exact) mass is 170 g/mol. The Balaban J connectivity index is 0.000000461. The van der Waals surface area contributed by atoms with Gasteiger partial charge in [0, 0.05) is 0 Å². The molecule has 3 heteroatoms. The lowest BCUT2D eigenvalue weighted by Crippen LogP contribution is -1.67. The molecule has 0 bridgehead atoms. The number of thiol groups is 1. The molecule has 0 unspecified atom stereocenters. The van der Waals surface area contributed by atoms with Crippen LogP contribution in [0.1, 0.15) is 5.56 Å². The number of hydrogen-bond acceptors (Lipinski definition) is 3. The van der Waals surface area contributed by atoms with Gasteiger partial charge in [0.1, 0.15) is 5.75 Å². The second kappa shape index (κ2) is 5.82. The molecule has 0 fully saturated rings. The third kappa shape index (κ3) is 3.70. The Labute approximate surface area is 71.4 Å². The molecule has 0 saturated carbocycles. The Hall–Kier alpha value is -0.930. The van der Waals surface area contributed by atoms with Crippen LogP contribution in [0.15, 0.2) is 30.8 Å². The first kappa shape index (κ1) is 10.1. The van der Waals surface area contributed by atoms with Gasteiger partial charge >= 0.3 is 0 Å². The van der Waals surface area contributed by atoms with E-state index in [9.17, 15) is 0 Å². The van der Waals surface area contributed by atoms with Gasteiger partial charge in [-0.2, -0.15) is 0 Å². The van der Waals surface area contributed by atoms with E-state index < -0.39 is 0 Å². The number of rotatable bonds is 1. The van der Waals surface area contributed by atoms with E-state index in [2.05, 4.69) is 19.5 Å². The second-order valence-electron chi connectivity index (χ2n) is 1.80. The lowest BCUT2D eigenvalue weighted by atomic mass is 10.2. The van der Waals surface area contributed by atoms with E-state index in [1.807, 2.05) is 12.1 Å². The largest absolute Gasteiger partial charge is 0.508 e. The molecule has 0 atom stereocenters. The van der Waals surface area contributed by atoms with E-state index in [0.717, 1.165) is 5.56 Å². The molecule has 0 radical (unpaired) electrons. The van der Waals surface area contributed by atoms with Gasteiger partial charge in [0.25, 0.3) is 0 Å². The Bertz CT molecular complexity index is 206. The molecule has 0 aliphatic rings. The highest BCUT2D eigenvalue weighted by Gasteiger charge is 1.84. The van der Waals surface area contributed by atoms with Crippen LogP contribution in [-0.2, 0) is 0 Å². The average Bonchev–Trinajstić information content (AvgIpc) is 2.10. The highest BCUT2D eigenvalue weighted by Crippen LogP contribution is 2.09. The second-order valence-corrected chi connectivity index (χ2v) is 1.80. The third-order valence-electron chi connectivity index (χ3n) is 1.13. The summed E-state index contributed by atoms with van der Waals surface area (Å²) in [5.74, 6) is 0.292. The zero-order valence-corrected chi connectivity index (χ0v) is 6.83. The van der Waals surface area contributed by atoms with Gasteiger partial charge in [-0.1, -0.05) is 24.8 Å². The maximum absolute atomic E-state index is 8.82. The van der Waals surface area contributed by atoms with Gasteiger partial charge in [-0.15, -0.1) is 0 Å². The van der Waals surface area contributed by atoms with Crippen LogP contribution in [0.2, 0.25) is 0 Å². The Kier molecular flexibility index (Phi) is 5.33. The molecule has 0 saturated heterocycles. The minimum absolute atomic E-state index is 0.292. The minimum Gasteiger partial charge on any atom is -0.508 e. The first-order chi connectivity index (χ1) is 5.33. The summed E-state index contributed by atoms with van der Waals surface area (Å²) >= 11 is 2.53. The summed E-state index contributed by atoms with van der Waals surface area (Å²) < 4.78 is 6.69. The van der Waals surface area contributed by atoms with Gasteiger partial charge in [-0.3, -0.25) is 0 Å². The smallest absolute Gasteiger partial charge is 0.115 e. The average molecular weight is 170 g/mol. The Morgan fingerprint density at radius 3 is 2.00 bits per heavy atom. The zero-order chi connectivity index (χ0) is 8.69. The molecule has 1 aromatic carbocycles. The van der Waals surface area contributed by atoms with E-state index in [0.29, 0.717) is 5.75 Å². The highest BCUT2D eigenvalue weighted by atomic mass is 32.1. The van der Waals surface area contributed by atoms with Gasteiger partial charge in [0.05, 0.1) is 0 Å². The van der Waals surface area contributed by atoms with Crippen molar-refractivity contribution in [2.75, 3.05) is 0 Å². The number of aromatic hydroxyl groups is 1. The molecule has 0 spiro atoms. The molecule has 1 aromatic rings. The van der Waals surface area contributed by atoms with Crippen molar-refractivity contribution >= 4 is 19.0 Å². The van der Waals surface area contributed by atoms with Crippen LogP contribution >= 0.6 is 12.9 Å². The molecule has 0 aromatic heterocycles. The molecule has 0 aliphatic heterocycles. The topological polar surface area (TPSA) is 40.5 Å². The van der Waals surface area contributed by atoms with Gasteiger partial charge in [0.2, 0.25) is 0 Å². The van der Waals surface area contributed by atoms with Crippen molar-refractivity contribution in [1.82, 2.24) is 0 Å². The predicted octanol–water partition coefficient (Wildman–Crippen LogP) is 2.42. The van der Waals surface area contributed by atoms with E-state index in [4.69, 9.17) is 9.66 Å². The summed E-state index contributed by atoms with van der Waals surface area (Å²) in [4.78, 5) is 0. The van der Waals surface area contributed by atoms with Crippen LogP contribution in [0.5, 0.6) is 5.75 Å². The normalized spacial score (nSPS) is 7.82. The quantitative estimate of drug-likeness (QED) is 0.447. The molecule has 2 nitrogen and oxygen atoms in total. The fraction of sp³-hybridized carbons (Fsp3) is 0. The maximum atomic E-state index is 8.82. The summed E-state index contributed by atoms with van der Waals surface area (Å²) in [6.45, 7) is 3.58. The molecule has 1 rings (SSSR count). The van der Waals surface area contributed by atoms with E-state index >= 15 is 0 Å². The summed E-state index contributed by atoms with van der Waals surface area (Å²) in [6, 6.07) is 6.89. The number of phenolic OH excluding ortho intramolecular Hbond substituents is 1. The van der Waals surface area contributed by atoms with E-state index in [-0.39, 0.29) is 0 Å². The van der Waals surface area contributed by atoms with Crippen molar-refractivity contribution in [3.8, 4) is 5.75 Å². The fourth-order valence-electron chi connectivity index (χ4n) is 0.610. The van der Waals surface area contributed by atoms with Crippen LogP contribution in [-0.4, -0.2) is 9.66 Å². The maximum Gasteiger partial charge on any atom is 0.115 e. The third-order valence-corrected chi connectivity index (χ3v) is 1.13. The SMILES string of the molecule is C=Cc1ccc(O)cc1.OS. The zero-order valence-electron chi connectivity index (χ0n) is 5.94. The molecule has 0 heterocycles. The van der Waals surface area contributed by atoms with Crippen molar-refractivity contribution in [1.29, 1.82) is 0 Å². The fourth-order valence-corrected chi connectivity index (χ4v) is 0.610. The van der Waals surface area contributed by atoms with Gasteiger partial charge in [-0.05, 0) is 30.6 Å². The van der Waals surface area contributed by atoms with Crippen LogP contribution in [0, 0.1) is 0 Å². The van der Waals surface area contributed by atoms with E-state index in [1.165, 1.54) is 0 Å². The first-order valence-corrected chi connectivity index (χ1v) is 3.34. The number of hydrogen-bond donors (Lipinski definition) is 3. The predicted molar refractivity (Wildman–Crippen MR) is 49.8 cm³/mol. The molecule has 60 valence electrons. The molecule has 0 amide bonds. The van der Waals surface area contributed by atoms with Gasteiger partial charge in [-0.25, -0.2) is 0 Å². The van der Waals surface area contributed by atoms with Gasteiger partial charge in [0.15, 0.2) is 0 Å². The summed E-state index contributed by atoms with van der Waals surface area (Å²) in [5, 5.41) is 8.82. The molecule has 11 heavy (non-hydrogen) atoms. The minimum atomic E-state index is 0.292. The molecule has 0 aliphatic carbocycles. The van der Waals surface area contributed by atoms with Crippen molar-refractivity contribution in [3.63, 3.8) is 0 Å². The first-order valence-electron chi connectivity index (χ1n) is 2.94. The van der Waals surface area contributed by atoms with Crippen molar-refractivity contribution < 1.29 is 9.66 Å². The van der Waals surface area contributed by atoms with Crippen LogP contribution in [0.25, 0.3) is 6.08 Å². The molecular formula is C8H10O2S. The Morgan fingerprint density at radius 1 is 1.18 bits per heavy atom. The standard InChI is InChI=1S/C8H8O.H2OS/c1-2-7-3-5-8(9)6-4-7;1-2/h2-6,9H,1H2;1-2H. The summed E-state index contributed by atoms with van der Waals surface area (Å²) in [6.07, 6.45) is 1.74. The number of phenols is 1. The van der Waals surface area contributed by atoms with Crippen molar-refractivity contribution in [2.45, 2.75) is 0 Å². The molecule has 2 N–H and O–H groups in total. The van der Waals surface area contributed by atoms with E-state index in [1.54, 1.807) is 18.2 Å². The Morgan fingerprint density at radius 2 is 1.64 bits per heavy atom. The van der Waals surface area contributed by atoms with Gasteiger partial charge < -0.3 is 9.66 Å². The highest BCUT2D eigenvalue weighted by molar-refractivity contribution is 7.74. The van der Waals surface area contributed by atoms with Crippen LogP contribution < -0.4 is 0 Å². The van der Waals surface area contributed by atoms with Crippen LogP contribution in [0.4, 0.5) is 0 Å². The van der Waals surface area contributed by atoms with Crippen molar-refractivity contribution in [3.05, 3.63) is 36.4 Å².